The minimum absolute atomic E-state index is 0.0186. The monoisotopic (exact) mass is 519 g/mol. The van der Waals surface area contributed by atoms with Crippen LogP contribution in [0.4, 0.5) is 11.4 Å². The van der Waals surface area contributed by atoms with Crippen LogP contribution in [0.2, 0.25) is 0 Å². The van der Waals surface area contributed by atoms with Gasteiger partial charge in [-0.1, -0.05) is 30.0 Å². The van der Waals surface area contributed by atoms with E-state index in [1.165, 1.54) is 6.20 Å². The first-order valence-corrected chi connectivity index (χ1v) is 12.9. The first kappa shape index (κ1) is 24.6. The van der Waals surface area contributed by atoms with Gasteiger partial charge >= 0.3 is 5.97 Å². The van der Waals surface area contributed by atoms with Gasteiger partial charge in [-0.2, -0.15) is 0 Å². The van der Waals surface area contributed by atoms with Crippen molar-refractivity contribution >= 4 is 40.9 Å². The van der Waals surface area contributed by atoms with E-state index in [1.807, 2.05) is 24.3 Å². The molecule has 1 aromatic heterocycles. The highest BCUT2D eigenvalue weighted by Gasteiger charge is 2.29. The first-order chi connectivity index (χ1) is 18.0. The fourth-order valence-electron chi connectivity index (χ4n) is 4.22. The van der Waals surface area contributed by atoms with E-state index in [9.17, 15) is 14.4 Å². The standard InChI is InChI=1S/C27H25N3O6S/c1-17(26(32)30-13-5-7-18-6-2-3-9-21(18)30)36-27(33)20-8-4-12-28-25(20)37-15-24(31)29-19-10-11-22-23(14-19)35-16-34-22/h2-4,6,8-12,14,17H,5,7,13,15-16H2,1H3,(H,29,31)/t17-/m1/s1. The quantitative estimate of drug-likeness (QED) is 0.368. The van der Waals surface area contributed by atoms with Gasteiger partial charge in [0.25, 0.3) is 5.91 Å². The van der Waals surface area contributed by atoms with E-state index < -0.39 is 12.1 Å². The largest absolute Gasteiger partial charge is 0.454 e. The molecule has 9 nitrogen and oxygen atoms in total. The van der Waals surface area contributed by atoms with E-state index in [4.69, 9.17) is 14.2 Å². The lowest BCUT2D eigenvalue weighted by molar-refractivity contribution is -0.126. The number of benzene rings is 2. The van der Waals surface area contributed by atoms with Gasteiger partial charge in [-0.3, -0.25) is 9.59 Å². The number of anilines is 2. The summed E-state index contributed by atoms with van der Waals surface area (Å²) in [5, 5.41) is 3.14. The van der Waals surface area contributed by atoms with Crippen LogP contribution >= 0.6 is 11.8 Å². The summed E-state index contributed by atoms with van der Waals surface area (Å²) in [7, 11) is 0. The van der Waals surface area contributed by atoms with Gasteiger partial charge in [-0.25, -0.2) is 9.78 Å². The molecular formula is C27H25N3O6S. The molecule has 1 N–H and O–H groups in total. The second kappa shape index (κ2) is 10.9. The van der Waals surface area contributed by atoms with Gasteiger partial charge in [0.2, 0.25) is 12.7 Å². The average Bonchev–Trinajstić information content (AvgIpc) is 3.39. The number of aryl methyl sites for hydroxylation is 1. The zero-order chi connectivity index (χ0) is 25.8. The fraction of sp³-hybridized carbons (Fsp3) is 0.259. The van der Waals surface area contributed by atoms with Crippen molar-refractivity contribution in [1.82, 2.24) is 4.98 Å². The van der Waals surface area contributed by atoms with Gasteiger partial charge in [0.05, 0.1) is 11.3 Å². The van der Waals surface area contributed by atoms with Crippen molar-refractivity contribution in [3.8, 4) is 11.5 Å². The van der Waals surface area contributed by atoms with Crippen LogP contribution in [0.1, 0.15) is 29.3 Å². The Bertz CT molecular complexity index is 1350. The molecule has 0 bridgehead atoms. The lowest BCUT2D eigenvalue weighted by Crippen LogP contribution is -2.42. The zero-order valence-electron chi connectivity index (χ0n) is 20.1. The summed E-state index contributed by atoms with van der Waals surface area (Å²) in [6.45, 7) is 2.29. The zero-order valence-corrected chi connectivity index (χ0v) is 21.0. The van der Waals surface area contributed by atoms with E-state index in [-0.39, 0.29) is 29.9 Å². The molecule has 3 aromatic rings. The number of para-hydroxylation sites is 1. The Labute approximate surface area is 218 Å². The third kappa shape index (κ3) is 5.54. The van der Waals surface area contributed by atoms with Crippen LogP contribution in [0.3, 0.4) is 0 Å². The molecule has 0 saturated heterocycles. The molecule has 37 heavy (non-hydrogen) atoms. The number of hydrogen-bond donors (Lipinski definition) is 1. The number of carbonyl (C=O) groups excluding carboxylic acids is 3. The van der Waals surface area contributed by atoms with E-state index in [2.05, 4.69) is 10.3 Å². The number of esters is 1. The summed E-state index contributed by atoms with van der Waals surface area (Å²) in [6, 6.07) is 16.1. The molecule has 5 rings (SSSR count). The topological polar surface area (TPSA) is 107 Å². The van der Waals surface area contributed by atoms with Crippen molar-refractivity contribution in [3.05, 3.63) is 71.9 Å². The fourth-order valence-corrected chi connectivity index (χ4v) is 5.01. The number of carbonyl (C=O) groups is 3. The lowest BCUT2D eigenvalue weighted by atomic mass is 10.0. The van der Waals surface area contributed by atoms with Crippen LogP contribution in [-0.2, 0) is 20.7 Å². The molecule has 2 aliphatic rings. The highest BCUT2D eigenvalue weighted by Crippen LogP contribution is 2.34. The maximum absolute atomic E-state index is 13.1. The summed E-state index contributed by atoms with van der Waals surface area (Å²) < 4.78 is 16.1. The molecule has 2 aliphatic heterocycles. The molecule has 3 heterocycles. The van der Waals surface area contributed by atoms with Crippen LogP contribution in [0.5, 0.6) is 11.5 Å². The van der Waals surface area contributed by atoms with E-state index >= 15 is 0 Å². The number of nitrogens with zero attached hydrogens (tertiary/aromatic N) is 2. The van der Waals surface area contributed by atoms with Gasteiger partial charge in [-0.15, -0.1) is 0 Å². The second-order valence-electron chi connectivity index (χ2n) is 8.53. The Morgan fingerprint density at radius 2 is 1.95 bits per heavy atom. The van der Waals surface area contributed by atoms with Crippen molar-refractivity contribution in [2.75, 3.05) is 29.3 Å². The average molecular weight is 520 g/mol. The Hall–Kier alpha value is -4.05. The predicted octanol–water partition coefficient (Wildman–Crippen LogP) is 4.07. The van der Waals surface area contributed by atoms with Gasteiger partial charge < -0.3 is 24.4 Å². The molecule has 10 heteroatoms. The van der Waals surface area contributed by atoms with Crippen LogP contribution in [0.15, 0.2) is 65.8 Å². The molecule has 190 valence electrons. The van der Waals surface area contributed by atoms with Crippen LogP contribution in [0.25, 0.3) is 0 Å². The summed E-state index contributed by atoms with van der Waals surface area (Å²) in [5.41, 5.74) is 2.72. The number of fused-ring (bicyclic) bond motifs is 2. The number of nitrogens with one attached hydrogen (secondary N) is 1. The summed E-state index contributed by atoms with van der Waals surface area (Å²) >= 11 is 1.11. The SMILES string of the molecule is C[C@@H](OC(=O)c1cccnc1SCC(=O)Nc1ccc2c(c1)OCO2)C(=O)N1CCCc2ccccc21. The van der Waals surface area contributed by atoms with Crippen molar-refractivity contribution in [2.45, 2.75) is 30.9 Å². The van der Waals surface area contributed by atoms with Crippen molar-refractivity contribution in [2.24, 2.45) is 0 Å². The molecule has 0 unspecified atom stereocenters. The molecule has 0 radical (unpaired) electrons. The van der Waals surface area contributed by atoms with Crippen LogP contribution < -0.4 is 19.7 Å². The molecule has 0 aliphatic carbocycles. The van der Waals surface area contributed by atoms with Crippen LogP contribution in [0, 0.1) is 0 Å². The number of hydrogen-bond acceptors (Lipinski definition) is 8. The lowest BCUT2D eigenvalue weighted by Gasteiger charge is -2.31. The third-order valence-corrected chi connectivity index (χ3v) is 7.00. The van der Waals surface area contributed by atoms with E-state index in [1.54, 1.807) is 42.2 Å². The van der Waals surface area contributed by atoms with Crippen LogP contribution in [-0.4, -0.2) is 48.0 Å². The first-order valence-electron chi connectivity index (χ1n) is 11.9. The molecule has 1 atom stereocenters. The Balaban J connectivity index is 1.20. The molecule has 2 aromatic carbocycles. The third-order valence-electron chi connectivity index (χ3n) is 6.00. The highest BCUT2D eigenvalue weighted by molar-refractivity contribution is 8.00. The predicted molar refractivity (Wildman–Crippen MR) is 138 cm³/mol. The number of ether oxygens (including phenoxy) is 3. The highest BCUT2D eigenvalue weighted by atomic mass is 32.2. The number of amides is 2. The molecule has 0 fully saturated rings. The van der Waals surface area contributed by atoms with Gasteiger partial charge in [0.15, 0.2) is 17.6 Å². The van der Waals surface area contributed by atoms with Crippen molar-refractivity contribution in [1.29, 1.82) is 0 Å². The maximum atomic E-state index is 13.1. The van der Waals surface area contributed by atoms with Gasteiger partial charge in [0, 0.05) is 30.2 Å². The number of rotatable bonds is 7. The normalized spacial score (nSPS) is 14.5. The molecule has 2 amide bonds. The number of thioether (sulfide) groups is 1. The minimum Gasteiger partial charge on any atom is -0.454 e. The Morgan fingerprint density at radius 1 is 1.11 bits per heavy atom. The van der Waals surface area contributed by atoms with E-state index in [0.29, 0.717) is 28.8 Å². The summed E-state index contributed by atoms with van der Waals surface area (Å²) in [6.07, 6.45) is 2.31. The maximum Gasteiger partial charge on any atom is 0.341 e. The summed E-state index contributed by atoms with van der Waals surface area (Å²) in [4.78, 5) is 44.5. The minimum atomic E-state index is -0.981. The second-order valence-corrected chi connectivity index (χ2v) is 9.49. The van der Waals surface area contributed by atoms with Gasteiger partial charge in [0.1, 0.15) is 5.03 Å². The number of pyridine rings is 1. The molecule has 0 spiro atoms. The molecule has 0 saturated carbocycles. The summed E-state index contributed by atoms with van der Waals surface area (Å²) in [5.74, 6) is -0.0102. The van der Waals surface area contributed by atoms with E-state index in [0.717, 1.165) is 35.9 Å². The molecular weight excluding hydrogens is 494 g/mol. The smallest absolute Gasteiger partial charge is 0.341 e. The Morgan fingerprint density at radius 3 is 2.84 bits per heavy atom. The van der Waals surface area contributed by atoms with Gasteiger partial charge in [-0.05, 0) is 55.7 Å². The van der Waals surface area contributed by atoms with Crippen molar-refractivity contribution < 1.29 is 28.6 Å². The number of aromatic nitrogens is 1. The Kier molecular flexibility index (Phi) is 7.27. The van der Waals surface area contributed by atoms with Crippen molar-refractivity contribution in [3.63, 3.8) is 0 Å².